The van der Waals surface area contributed by atoms with Crippen LogP contribution < -0.4 is 10.1 Å². The molecule has 0 atom stereocenters. The monoisotopic (exact) mass is 373 g/mol. The van der Waals surface area contributed by atoms with E-state index in [0.29, 0.717) is 23.6 Å². The number of methoxy groups -OCH3 is 1. The van der Waals surface area contributed by atoms with Gasteiger partial charge in [-0.25, -0.2) is 0 Å². The predicted molar refractivity (Wildman–Crippen MR) is 107 cm³/mol. The number of aryl methyl sites for hydroxylation is 1. The molecule has 0 bridgehead atoms. The standard InChI is InChI=1S/C21H19N5O2/c1-14-18(11-16-3-4-17(28-2)12-19(16)23-14)21(27)24-20-7-10-26(25-20)13-15-5-8-22-9-6-15/h3-12H,13H2,1-2H3,(H,24,25,27). The second-order valence-corrected chi connectivity index (χ2v) is 6.39. The fraction of sp³-hybridized carbons (Fsp3) is 0.143. The lowest BCUT2D eigenvalue weighted by atomic mass is 10.1. The molecule has 28 heavy (non-hydrogen) atoms. The molecule has 3 aromatic heterocycles. The minimum atomic E-state index is -0.239. The normalized spacial score (nSPS) is 10.8. The second-order valence-electron chi connectivity index (χ2n) is 6.39. The number of pyridine rings is 2. The summed E-state index contributed by atoms with van der Waals surface area (Å²) in [6, 6.07) is 13.1. The van der Waals surface area contributed by atoms with E-state index < -0.39 is 0 Å². The molecule has 0 aliphatic carbocycles. The van der Waals surface area contributed by atoms with Gasteiger partial charge in [0.25, 0.3) is 5.91 Å². The summed E-state index contributed by atoms with van der Waals surface area (Å²) in [6.45, 7) is 2.42. The molecule has 0 aliphatic rings. The van der Waals surface area contributed by atoms with Crippen LogP contribution in [-0.2, 0) is 6.54 Å². The van der Waals surface area contributed by atoms with Crippen LogP contribution in [0.4, 0.5) is 5.82 Å². The van der Waals surface area contributed by atoms with E-state index in [1.54, 1.807) is 30.3 Å². The molecule has 140 valence electrons. The van der Waals surface area contributed by atoms with Crippen LogP contribution in [0.1, 0.15) is 21.6 Å². The van der Waals surface area contributed by atoms with Crippen molar-refractivity contribution < 1.29 is 9.53 Å². The second kappa shape index (κ2) is 7.48. The minimum Gasteiger partial charge on any atom is -0.497 e. The molecular formula is C21H19N5O2. The van der Waals surface area contributed by atoms with Gasteiger partial charge in [-0.15, -0.1) is 0 Å². The van der Waals surface area contributed by atoms with Crippen LogP contribution in [0.2, 0.25) is 0 Å². The smallest absolute Gasteiger partial charge is 0.258 e. The molecule has 1 N–H and O–H groups in total. The summed E-state index contributed by atoms with van der Waals surface area (Å²) in [5, 5.41) is 8.13. The van der Waals surface area contributed by atoms with Crippen molar-refractivity contribution in [3.8, 4) is 5.75 Å². The summed E-state index contributed by atoms with van der Waals surface area (Å²) in [4.78, 5) is 21.3. The molecule has 7 nitrogen and oxygen atoms in total. The molecule has 4 aromatic rings. The van der Waals surface area contributed by atoms with E-state index >= 15 is 0 Å². The molecular weight excluding hydrogens is 354 g/mol. The Morgan fingerprint density at radius 3 is 2.75 bits per heavy atom. The molecule has 1 aromatic carbocycles. The molecule has 0 spiro atoms. The lowest BCUT2D eigenvalue weighted by Gasteiger charge is -2.08. The Hall–Kier alpha value is -3.74. The Labute approximate surface area is 162 Å². The summed E-state index contributed by atoms with van der Waals surface area (Å²) < 4.78 is 7.00. The Bertz CT molecular complexity index is 1140. The summed E-state index contributed by atoms with van der Waals surface area (Å²) in [5.74, 6) is 0.988. The van der Waals surface area contributed by atoms with Gasteiger partial charge in [0.1, 0.15) is 5.75 Å². The highest BCUT2D eigenvalue weighted by Gasteiger charge is 2.14. The van der Waals surface area contributed by atoms with E-state index in [1.807, 2.05) is 49.5 Å². The van der Waals surface area contributed by atoms with Crippen molar-refractivity contribution in [2.75, 3.05) is 12.4 Å². The van der Waals surface area contributed by atoms with Crippen LogP contribution in [0.5, 0.6) is 5.75 Å². The van der Waals surface area contributed by atoms with Crippen molar-refractivity contribution in [2.24, 2.45) is 0 Å². The zero-order valence-corrected chi connectivity index (χ0v) is 15.6. The van der Waals surface area contributed by atoms with E-state index in [4.69, 9.17) is 4.74 Å². The van der Waals surface area contributed by atoms with Crippen molar-refractivity contribution in [3.63, 3.8) is 0 Å². The van der Waals surface area contributed by atoms with Gasteiger partial charge >= 0.3 is 0 Å². The highest BCUT2D eigenvalue weighted by atomic mass is 16.5. The highest BCUT2D eigenvalue weighted by molar-refractivity contribution is 6.06. The third-order valence-corrected chi connectivity index (χ3v) is 4.44. The van der Waals surface area contributed by atoms with Crippen LogP contribution >= 0.6 is 0 Å². The minimum absolute atomic E-state index is 0.239. The molecule has 0 saturated carbocycles. The summed E-state index contributed by atoms with van der Waals surface area (Å²) in [5.41, 5.74) is 3.03. The number of carbonyl (C=O) groups excluding carboxylic acids is 1. The molecule has 3 heterocycles. The van der Waals surface area contributed by atoms with E-state index in [9.17, 15) is 4.79 Å². The number of hydrogen-bond acceptors (Lipinski definition) is 5. The fourth-order valence-electron chi connectivity index (χ4n) is 2.98. The zero-order chi connectivity index (χ0) is 19.5. The molecule has 0 radical (unpaired) electrons. The molecule has 0 unspecified atom stereocenters. The first-order valence-corrected chi connectivity index (χ1v) is 8.81. The van der Waals surface area contributed by atoms with Gasteiger partial charge in [0.15, 0.2) is 5.82 Å². The average Bonchev–Trinajstić information content (AvgIpc) is 3.14. The Balaban J connectivity index is 1.53. The quantitative estimate of drug-likeness (QED) is 0.579. The number of rotatable bonds is 5. The largest absolute Gasteiger partial charge is 0.497 e. The number of benzene rings is 1. The van der Waals surface area contributed by atoms with Crippen molar-refractivity contribution >= 4 is 22.6 Å². The zero-order valence-electron chi connectivity index (χ0n) is 15.6. The lowest BCUT2D eigenvalue weighted by Crippen LogP contribution is -2.15. The van der Waals surface area contributed by atoms with Gasteiger partial charge in [0, 0.05) is 36.1 Å². The summed E-state index contributed by atoms with van der Waals surface area (Å²) in [7, 11) is 1.61. The molecule has 7 heteroatoms. The highest BCUT2D eigenvalue weighted by Crippen LogP contribution is 2.22. The van der Waals surface area contributed by atoms with Gasteiger partial charge < -0.3 is 10.1 Å². The number of aromatic nitrogens is 4. The maximum Gasteiger partial charge on any atom is 0.258 e. The number of fused-ring (bicyclic) bond motifs is 1. The first-order chi connectivity index (χ1) is 13.6. The predicted octanol–water partition coefficient (Wildman–Crippen LogP) is 3.44. The molecule has 0 aliphatic heterocycles. The van der Waals surface area contributed by atoms with Gasteiger partial charge in [0.05, 0.1) is 30.4 Å². The maximum absolute atomic E-state index is 12.7. The Morgan fingerprint density at radius 2 is 1.96 bits per heavy atom. The van der Waals surface area contributed by atoms with E-state index in [0.717, 1.165) is 22.2 Å². The maximum atomic E-state index is 12.7. The van der Waals surface area contributed by atoms with E-state index in [-0.39, 0.29) is 5.91 Å². The molecule has 1 amide bonds. The number of carbonyl (C=O) groups is 1. The van der Waals surface area contributed by atoms with Gasteiger partial charge in [-0.2, -0.15) is 5.10 Å². The third-order valence-electron chi connectivity index (χ3n) is 4.44. The number of hydrogen-bond donors (Lipinski definition) is 1. The first-order valence-electron chi connectivity index (χ1n) is 8.81. The van der Waals surface area contributed by atoms with Gasteiger partial charge in [-0.05, 0) is 42.8 Å². The Morgan fingerprint density at radius 1 is 1.14 bits per heavy atom. The van der Waals surface area contributed by atoms with Gasteiger partial charge in [-0.3, -0.25) is 19.4 Å². The SMILES string of the molecule is COc1ccc2cc(C(=O)Nc3ccn(Cc4ccncc4)n3)c(C)nc2c1. The fourth-order valence-corrected chi connectivity index (χ4v) is 2.98. The van der Waals surface area contributed by atoms with Crippen molar-refractivity contribution in [1.29, 1.82) is 0 Å². The third kappa shape index (κ3) is 3.68. The number of anilines is 1. The van der Waals surface area contributed by atoms with E-state index in [2.05, 4.69) is 20.4 Å². The van der Waals surface area contributed by atoms with Crippen molar-refractivity contribution in [3.05, 3.63) is 77.9 Å². The van der Waals surface area contributed by atoms with Crippen LogP contribution in [0.25, 0.3) is 10.9 Å². The van der Waals surface area contributed by atoms with Crippen molar-refractivity contribution in [2.45, 2.75) is 13.5 Å². The van der Waals surface area contributed by atoms with Gasteiger partial charge in [-0.1, -0.05) is 0 Å². The molecule has 4 rings (SSSR count). The molecule has 0 saturated heterocycles. The summed E-state index contributed by atoms with van der Waals surface area (Å²) in [6.07, 6.45) is 5.31. The topological polar surface area (TPSA) is 81.9 Å². The van der Waals surface area contributed by atoms with Crippen molar-refractivity contribution in [1.82, 2.24) is 19.7 Å². The lowest BCUT2D eigenvalue weighted by molar-refractivity contribution is 0.102. The molecule has 0 fully saturated rings. The Kier molecular flexibility index (Phi) is 4.72. The number of amides is 1. The summed E-state index contributed by atoms with van der Waals surface area (Å²) >= 11 is 0. The van der Waals surface area contributed by atoms with E-state index in [1.165, 1.54) is 0 Å². The van der Waals surface area contributed by atoms with Crippen LogP contribution in [0.3, 0.4) is 0 Å². The number of nitrogens with one attached hydrogen (secondary N) is 1. The first kappa shape index (κ1) is 17.7. The van der Waals surface area contributed by atoms with Crippen LogP contribution in [0.15, 0.2) is 61.1 Å². The van der Waals surface area contributed by atoms with Gasteiger partial charge in [0.2, 0.25) is 0 Å². The van der Waals surface area contributed by atoms with Crippen LogP contribution in [-0.4, -0.2) is 32.8 Å². The number of nitrogens with zero attached hydrogens (tertiary/aromatic N) is 4. The average molecular weight is 373 g/mol. The number of ether oxygens (including phenoxy) is 1. The van der Waals surface area contributed by atoms with Crippen LogP contribution in [0, 0.1) is 6.92 Å².